The number of hydrogen-bond acceptors (Lipinski definition) is 5. The lowest BCUT2D eigenvalue weighted by molar-refractivity contribution is 0.0930. The van der Waals surface area contributed by atoms with Gasteiger partial charge in [0.05, 0.1) is 25.3 Å². The number of methoxy groups -OCH3 is 2. The van der Waals surface area contributed by atoms with Gasteiger partial charge >= 0.3 is 0 Å². The highest BCUT2D eigenvalue weighted by Gasteiger charge is 2.23. The van der Waals surface area contributed by atoms with E-state index in [1.165, 1.54) is 5.69 Å². The Morgan fingerprint density at radius 3 is 2.41 bits per heavy atom. The van der Waals surface area contributed by atoms with Crippen LogP contribution in [0.2, 0.25) is 0 Å². The third kappa shape index (κ3) is 5.15. The Morgan fingerprint density at radius 2 is 1.83 bits per heavy atom. The van der Waals surface area contributed by atoms with Crippen molar-refractivity contribution in [3.05, 3.63) is 46.4 Å². The Morgan fingerprint density at radius 1 is 1.14 bits per heavy atom. The molecule has 0 aliphatic carbocycles. The number of hydrogen-bond donors (Lipinski definition) is 1. The molecule has 0 aromatic heterocycles. The van der Waals surface area contributed by atoms with Gasteiger partial charge in [0.1, 0.15) is 5.75 Å². The molecule has 0 radical (unpaired) electrons. The number of carbonyl (C=O) groups is 1. The van der Waals surface area contributed by atoms with Gasteiger partial charge < -0.3 is 24.4 Å². The average Bonchev–Trinajstić information content (AvgIpc) is 2.75. The summed E-state index contributed by atoms with van der Waals surface area (Å²) >= 11 is 3.48. The predicted molar refractivity (Wildman–Crippen MR) is 118 cm³/mol. The van der Waals surface area contributed by atoms with Crippen LogP contribution in [0.3, 0.4) is 0 Å². The van der Waals surface area contributed by atoms with Gasteiger partial charge in [0.25, 0.3) is 5.91 Å². The fourth-order valence-electron chi connectivity index (χ4n) is 3.48. The van der Waals surface area contributed by atoms with Gasteiger partial charge in [0.15, 0.2) is 11.5 Å². The maximum atomic E-state index is 12.8. The van der Waals surface area contributed by atoms with Gasteiger partial charge in [-0.3, -0.25) is 4.79 Å². The summed E-state index contributed by atoms with van der Waals surface area (Å²) < 4.78 is 16.9. The van der Waals surface area contributed by atoms with Crippen molar-refractivity contribution < 1.29 is 19.0 Å². The number of carbonyl (C=O) groups excluding carboxylic acids is 1. The lowest BCUT2D eigenvalue weighted by atomic mass is 10.0. The molecular formula is C22H27BrN2O4. The first-order valence-corrected chi connectivity index (χ1v) is 10.5. The summed E-state index contributed by atoms with van der Waals surface area (Å²) in [6, 6.07) is 11.7. The van der Waals surface area contributed by atoms with Crippen LogP contribution in [0.5, 0.6) is 17.2 Å². The van der Waals surface area contributed by atoms with Gasteiger partial charge in [-0.05, 0) is 72.1 Å². The van der Waals surface area contributed by atoms with E-state index in [0.29, 0.717) is 28.1 Å². The van der Waals surface area contributed by atoms with Crippen molar-refractivity contribution in [3.8, 4) is 17.2 Å². The summed E-state index contributed by atoms with van der Waals surface area (Å²) in [5.41, 5.74) is 1.73. The molecule has 0 spiro atoms. The highest BCUT2D eigenvalue weighted by molar-refractivity contribution is 9.10. The first-order valence-electron chi connectivity index (χ1n) is 9.76. The Kier molecular flexibility index (Phi) is 7.25. The van der Waals surface area contributed by atoms with E-state index >= 15 is 0 Å². The molecule has 1 aliphatic heterocycles. The third-order valence-corrected chi connectivity index (χ3v) is 5.64. The summed E-state index contributed by atoms with van der Waals surface area (Å²) in [5, 5.41) is 3.15. The van der Waals surface area contributed by atoms with Gasteiger partial charge in [-0.2, -0.15) is 0 Å². The second kappa shape index (κ2) is 9.87. The molecule has 1 heterocycles. The van der Waals surface area contributed by atoms with Gasteiger partial charge in [-0.15, -0.1) is 0 Å². The minimum absolute atomic E-state index is 0.102. The van der Waals surface area contributed by atoms with E-state index in [1.807, 2.05) is 19.1 Å². The van der Waals surface area contributed by atoms with Crippen molar-refractivity contribution in [2.24, 2.45) is 0 Å². The maximum absolute atomic E-state index is 12.8. The van der Waals surface area contributed by atoms with Crippen molar-refractivity contribution in [1.29, 1.82) is 0 Å². The SMILES string of the molecule is CCOc1c(Br)cc(C(=O)NC2CCN(c3ccc(OC)cc3)CC2)cc1OC. The molecule has 3 rings (SSSR count). The molecule has 2 aromatic rings. The second-order valence-corrected chi connectivity index (χ2v) is 7.71. The molecule has 1 N–H and O–H groups in total. The largest absolute Gasteiger partial charge is 0.497 e. The molecule has 0 unspecified atom stereocenters. The normalized spacial score (nSPS) is 14.4. The van der Waals surface area contributed by atoms with Crippen molar-refractivity contribution in [1.82, 2.24) is 5.32 Å². The lowest BCUT2D eigenvalue weighted by Crippen LogP contribution is -2.44. The Balaban J connectivity index is 1.60. The number of rotatable bonds is 7. The quantitative estimate of drug-likeness (QED) is 0.665. The molecule has 1 amide bonds. The highest BCUT2D eigenvalue weighted by atomic mass is 79.9. The van der Waals surface area contributed by atoms with E-state index in [-0.39, 0.29) is 11.9 Å². The zero-order valence-electron chi connectivity index (χ0n) is 17.0. The van der Waals surface area contributed by atoms with Gasteiger partial charge in [-0.1, -0.05) is 0 Å². The van der Waals surface area contributed by atoms with E-state index in [0.717, 1.165) is 31.7 Å². The van der Waals surface area contributed by atoms with E-state index < -0.39 is 0 Å². The highest BCUT2D eigenvalue weighted by Crippen LogP contribution is 2.36. The number of halogens is 1. The van der Waals surface area contributed by atoms with Crippen molar-refractivity contribution in [3.63, 3.8) is 0 Å². The molecule has 1 saturated heterocycles. The van der Waals surface area contributed by atoms with Crippen LogP contribution < -0.4 is 24.4 Å². The number of nitrogens with zero attached hydrogens (tertiary/aromatic N) is 1. The van der Waals surface area contributed by atoms with Crippen LogP contribution in [-0.4, -0.2) is 45.9 Å². The van der Waals surface area contributed by atoms with Crippen molar-refractivity contribution in [2.45, 2.75) is 25.8 Å². The minimum atomic E-state index is -0.102. The Bertz CT molecular complexity index is 833. The van der Waals surface area contributed by atoms with Crippen LogP contribution in [0.25, 0.3) is 0 Å². The molecule has 0 atom stereocenters. The van der Waals surface area contributed by atoms with E-state index in [4.69, 9.17) is 14.2 Å². The second-order valence-electron chi connectivity index (χ2n) is 6.86. The molecule has 0 saturated carbocycles. The fraction of sp³-hybridized carbons (Fsp3) is 0.409. The number of piperidine rings is 1. The van der Waals surface area contributed by atoms with E-state index in [2.05, 4.69) is 38.3 Å². The summed E-state index contributed by atoms with van der Waals surface area (Å²) in [4.78, 5) is 15.1. The third-order valence-electron chi connectivity index (χ3n) is 5.05. The Hall–Kier alpha value is -2.41. The summed E-state index contributed by atoms with van der Waals surface area (Å²) in [6.07, 6.45) is 1.79. The molecule has 29 heavy (non-hydrogen) atoms. The molecule has 1 aliphatic rings. The van der Waals surface area contributed by atoms with Crippen molar-refractivity contribution in [2.75, 3.05) is 38.8 Å². The standard InChI is InChI=1S/C22H27BrN2O4/c1-4-29-21-19(23)13-15(14-20(21)28-3)22(26)24-16-9-11-25(12-10-16)17-5-7-18(27-2)8-6-17/h5-8,13-14,16H,4,9-12H2,1-3H3,(H,24,26). The van der Waals surface area contributed by atoms with Crippen LogP contribution in [0.1, 0.15) is 30.1 Å². The fourth-order valence-corrected chi connectivity index (χ4v) is 4.04. The molecule has 1 fully saturated rings. The first kappa shape index (κ1) is 21.3. The zero-order valence-corrected chi connectivity index (χ0v) is 18.6. The van der Waals surface area contributed by atoms with Gasteiger partial charge in [0.2, 0.25) is 0 Å². The molecule has 2 aromatic carbocycles. The summed E-state index contributed by atoms with van der Waals surface area (Å²) in [7, 11) is 3.24. The lowest BCUT2D eigenvalue weighted by Gasteiger charge is -2.34. The van der Waals surface area contributed by atoms with E-state index in [1.54, 1.807) is 26.4 Å². The Labute approximate surface area is 180 Å². The van der Waals surface area contributed by atoms with Crippen LogP contribution in [-0.2, 0) is 0 Å². The minimum Gasteiger partial charge on any atom is -0.497 e. The molecule has 6 nitrogen and oxygen atoms in total. The summed E-state index contributed by atoms with van der Waals surface area (Å²) in [5.74, 6) is 1.91. The van der Waals surface area contributed by atoms with Crippen molar-refractivity contribution >= 4 is 27.5 Å². The van der Waals surface area contributed by atoms with Crippen LogP contribution in [0.4, 0.5) is 5.69 Å². The van der Waals surface area contributed by atoms with Crippen LogP contribution in [0.15, 0.2) is 40.9 Å². The number of benzene rings is 2. The van der Waals surface area contributed by atoms with Gasteiger partial charge in [-0.25, -0.2) is 0 Å². The molecule has 0 bridgehead atoms. The first-order chi connectivity index (χ1) is 14.0. The van der Waals surface area contributed by atoms with E-state index in [9.17, 15) is 4.79 Å². The monoisotopic (exact) mass is 462 g/mol. The predicted octanol–water partition coefficient (Wildman–Crippen LogP) is 4.26. The summed E-state index contributed by atoms with van der Waals surface area (Å²) in [6.45, 7) is 4.22. The zero-order chi connectivity index (χ0) is 20.8. The number of ether oxygens (including phenoxy) is 3. The van der Waals surface area contributed by atoms with Crippen LogP contribution in [0, 0.1) is 0 Å². The molecular weight excluding hydrogens is 436 g/mol. The number of anilines is 1. The number of amides is 1. The topological polar surface area (TPSA) is 60.0 Å². The van der Waals surface area contributed by atoms with Crippen LogP contribution >= 0.6 is 15.9 Å². The molecule has 7 heteroatoms. The van der Waals surface area contributed by atoms with Gasteiger partial charge in [0, 0.05) is 30.4 Å². The average molecular weight is 463 g/mol. The maximum Gasteiger partial charge on any atom is 0.251 e. The smallest absolute Gasteiger partial charge is 0.251 e. The molecule has 156 valence electrons. The number of nitrogens with one attached hydrogen (secondary N) is 1.